The quantitative estimate of drug-likeness (QED) is 0.500. The van der Waals surface area contributed by atoms with Crippen molar-refractivity contribution in [3.63, 3.8) is 0 Å². The molecular weight excluding hydrogens is 328 g/mol. The van der Waals surface area contributed by atoms with E-state index in [9.17, 15) is 0 Å². The first-order valence-electron chi connectivity index (χ1n) is 10.5. The Morgan fingerprint density at radius 2 is 1.74 bits per heavy atom. The van der Waals surface area contributed by atoms with Crippen LogP contribution in [0.4, 0.5) is 5.69 Å². The van der Waals surface area contributed by atoms with Gasteiger partial charge in [0.2, 0.25) is 0 Å². The van der Waals surface area contributed by atoms with Gasteiger partial charge in [-0.25, -0.2) is 0 Å². The maximum absolute atomic E-state index is 3.92. The van der Waals surface area contributed by atoms with Crippen LogP contribution in [0.5, 0.6) is 0 Å². The molecule has 0 aliphatic carbocycles. The average Bonchev–Trinajstić information content (AvgIpc) is 3.11. The maximum Gasteiger partial charge on any atom is 0.0904 e. The smallest absolute Gasteiger partial charge is 0.0904 e. The SMILES string of the molecule is C=C/C=C(\C(=C/C)C(C)C)N1CCN(c2ccccc2C(C)C)C1.CCC. The number of rotatable bonds is 6. The molecule has 2 rings (SSSR count). The van der Waals surface area contributed by atoms with E-state index < -0.39 is 0 Å². The molecule has 150 valence electrons. The van der Waals surface area contributed by atoms with E-state index in [1.165, 1.54) is 28.9 Å². The highest BCUT2D eigenvalue weighted by atomic mass is 15.4. The Balaban J connectivity index is 0.00000114. The highest BCUT2D eigenvalue weighted by Crippen LogP contribution is 2.31. The molecule has 1 aliphatic rings. The molecule has 1 saturated heterocycles. The van der Waals surface area contributed by atoms with Crippen molar-refractivity contribution in [2.24, 2.45) is 5.92 Å². The first-order chi connectivity index (χ1) is 12.9. The number of anilines is 1. The van der Waals surface area contributed by atoms with Crippen molar-refractivity contribution in [1.29, 1.82) is 0 Å². The highest BCUT2D eigenvalue weighted by molar-refractivity contribution is 5.56. The van der Waals surface area contributed by atoms with E-state index in [0.29, 0.717) is 11.8 Å². The topological polar surface area (TPSA) is 6.48 Å². The van der Waals surface area contributed by atoms with Gasteiger partial charge in [-0.2, -0.15) is 0 Å². The van der Waals surface area contributed by atoms with Crippen LogP contribution >= 0.6 is 0 Å². The monoisotopic (exact) mass is 368 g/mol. The molecule has 0 N–H and O–H groups in total. The molecule has 2 heteroatoms. The van der Waals surface area contributed by atoms with E-state index in [-0.39, 0.29) is 0 Å². The van der Waals surface area contributed by atoms with E-state index in [1.807, 2.05) is 6.08 Å². The number of allylic oxidation sites excluding steroid dienone is 4. The molecule has 1 aliphatic heterocycles. The van der Waals surface area contributed by atoms with E-state index in [4.69, 9.17) is 0 Å². The van der Waals surface area contributed by atoms with Crippen LogP contribution in [0, 0.1) is 5.92 Å². The summed E-state index contributed by atoms with van der Waals surface area (Å²) in [5.41, 5.74) is 5.52. The van der Waals surface area contributed by atoms with Crippen LogP contribution in [0.15, 0.2) is 60.3 Å². The number of nitrogens with zero attached hydrogens (tertiary/aromatic N) is 2. The largest absolute Gasteiger partial charge is 0.352 e. The molecule has 1 aromatic rings. The Morgan fingerprint density at radius 3 is 2.26 bits per heavy atom. The van der Waals surface area contributed by atoms with Gasteiger partial charge in [0.25, 0.3) is 0 Å². The number of benzene rings is 1. The molecule has 0 radical (unpaired) electrons. The van der Waals surface area contributed by atoms with E-state index in [0.717, 1.165) is 19.8 Å². The summed E-state index contributed by atoms with van der Waals surface area (Å²) in [4.78, 5) is 4.98. The normalized spacial score (nSPS) is 15.3. The second-order valence-corrected chi connectivity index (χ2v) is 7.78. The number of para-hydroxylation sites is 1. The Kier molecular flexibility index (Phi) is 9.99. The van der Waals surface area contributed by atoms with Crippen molar-refractivity contribution in [1.82, 2.24) is 4.90 Å². The average molecular weight is 369 g/mol. The van der Waals surface area contributed by atoms with Gasteiger partial charge in [-0.1, -0.05) is 84.9 Å². The summed E-state index contributed by atoms with van der Waals surface area (Å²) in [6.45, 7) is 22.4. The van der Waals surface area contributed by atoms with Crippen LogP contribution in [0.3, 0.4) is 0 Å². The van der Waals surface area contributed by atoms with Crippen LogP contribution < -0.4 is 4.90 Å². The first kappa shape index (κ1) is 23.1. The van der Waals surface area contributed by atoms with Crippen molar-refractivity contribution >= 4 is 5.69 Å². The molecule has 0 amide bonds. The lowest BCUT2D eigenvalue weighted by molar-refractivity contribution is 0.427. The van der Waals surface area contributed by atoms with Gasteiger partial charge in [-0.3, -0.25) is 0 Å². The van der Waals surface area contributed by atoms with Crippen LogP contribution in [0.25, 0.3) is 0 Å². The van der Waals surface area contributed by atoms with E-state index in [2.05, 4.69) is 101 Å². The second kappa shape index (κ2) is 11.7. The van der Waals surface area contributed by atoms with Gasteiger partial charge in [-0.05, 0) is 42.0 Å². The minimum absolute atomic E-state index is 0.512. The summed E-state index contributed by atoms with van der Waals surface area (Å²) < 4.78 is 0. The van der Waals surface area contributed by atoms with E-state index >= 15 is 0 Å². The fourth-order valence-electron chi connectivity index (χ4n) is 3.52. The summed E-state index contributed by atoms with van der Waals surface area (Å²) in [5.74, 6) is 1.05. The predicted molar refractivity (Wildman–Crippen MR) is 122 cm³/mol. The fraction of sp³-hybridized carbons (Fsp3) is 0.520. The van der Waals surface area contributed by atoms with Crippen LogP contribution in [-0.2, 0) is 0 Å². The molecule has 1 aromatic carbocycles. The first-order valence-corrected chi connectivity index (χ1v) is 10.5. The molecule has 0 atom stereocenters. The third-order valence-electron chi connectivity index (χ3n) is 4.73. The van der Waals surface area contributed by atoms with Gasteiger partial charge in [0.05, 0.1) is 6.67 Å². The summed E-state index contributed by atoms with van der Waals surface area (Å²) in [5, 5.41) is 0. The zero-order valence-electron chi connectivity index (χ0n) is 18.6. The van der Waals surface area contributed by atoms with Gasteiger partial charge in [0.15, 0.2) is 0 Å². The third kappa shape index (κ3) is 6.30. The molecule has 1 heterocycles. The standard InChI is InChI=1S/C22H32N2.C3H8/c1-7-11-21(19(8-2)17(3)4)23-14-15-24(16-23)22-13-10-9-12-20(22)18(5)6;1-3-2/h7-13,17-18H,1,14-16H2,2-6H3;3H2,1-2H3/b19-8-,21-11+;. The lowest BCUT2D eigenvalue weighted by atomic mass is 9.98. The van der Waals surface area contributed by atoms with E-state index in [1.54, 1.807) is 0 Å². The highest BCUT2D eigenvalue weighted by Gasteiger charge is 2.25. The molecule has 27 heavy (non-hydrogen) atoms. The van der Waals surface area contributed by atoms with Gasteiger partial charge in [0.1, 0.15) is 0 Å². The molecule has 0 saturated carbocycles. The number of hydrogen-bond acceptors (Lipinski definition) is 2. The Morgan fingerprint density at radius 1 is 1.11 bits per heavy atom. The molecule has 1 fully saturated rings. The molecular formula is C25H40N2. The summed E-state index contributed by atoms with van der Waals surface area (Å²) in [6, 6.07) is 8.81. The fourth-order valence-corrected chi connectivity index (χ4v) is 3.52. The van der Waals surface area contributed by atoms with Gasteiger partial charge >= 0.3 is 0 Å². The van der Waals surface area contributed by atoms with Gasteiger partial charge < -0.3 is 9.80 Å². The van der Waals surface area contributed by atoms with Gasteiger partial charge in [0, 0.05) is 24.5 Å². The maximum atomic E-state index is 3.92. The third-order valence-corrected chi connectivity index (χ3v) is 4.73. The van der Waals surface area contributed by atoms with Crippen LogP contribution in [0.1, 0.15) is 66.4 Å². The number of hydrogen-bond donors (Lipinski definition) is 0. The Labute approximate surface area is 168 Å². The van der Waals surface area contributed by atoms with Crippen LogP contribution in [0.2, 0.25) is 0 Å². The molecule has 0 bridgehead atoms. The zero-order chi connectivity index (χ0) is 20.4. The molecule has 0 spiro atoms. The molecule has 0 unspecified atom stereocenters. The predicted octanol–water partition coefficient (Wildman–Crippen LogP) is 6.98. The summed E-state index contributed by atoms with van der Waals surface area (Å²) in [7, 11) is 0. The van der Waals surface area contributed by atoms with Crippen molar-refractivity contribution in [3.05, 3.63) is 65.9 Å². The van der Waals surface area contributed by atoms with Crippen LogP contribution in [-0.4, -0.2) is 24.7 Å². The Hall–Kier alpha value is -1.96. The lowest BCUT2D eigenvalue weighted by Gasteiger charge is -2.28. The van der Waals surface area contributed by atoms with Crippen molar-refractivity contribution in [3.8, 4) is 0 Å². The zero-order valence-corrected chi connectivity index (χ0v) is 18.6. The molecule has 0 aromatic heterocycles. The van der Waals surface area contributed by atoms with Crippen molar-refractivity contribution < 1.29 is 0 Å². The van der Waals surface area contributed by atoms with Crippen molar-refractivity contribution in [2.45, 2.75) is 60.8 Å². The minimum atomic E-state index is 0.512. The second-order valence-electron chi connectivity index (χ2n) is 7.78. The molecule has 2 nitrogen and oxygen atoms in total. The lowest BCUT2D eigenvalue weighted by Crippen LogP contribution is -2.27. The Bertz CT molecular complexity index is 637. The van der Waals surface area contributed by atoms with Gasteiger partial charge in [-0.15, -0.1) is 0 Å². The van der Waals surface area contributed by atoms with Crippen molar-refractivity contribution in [2.75, 3.05) is 24.7 Å². The minimum Gasteiger partial charge on any atom is -0.352 e. The summed E-state index contributed by atoms with van der Waals surface area (Å²) >= 11 is 0. The summed E-state index contributed by atoms with van der Waals surface area (Å²) in [6.07, 6.45) is 7.56.